The molecule has 1 heterocycles. The number of quaternary nitrogens is 1. The number of nitrogens with zero attached hydrogens (tertiary/aromatic N) is 3. The van der Waals surface area contributed by atoms with Gasteiger partial charge in [-0.05, 0) is 24.6 Å². The molecule has 3 rings (SSSR count). The highest BCUT2D eigenvalue weighted by molar-refractivity contribution is 6.33. The monoisotopic (exact) mass is 331 g/mol. The van der Waals surface area contributed by atoms with E-state index in [1.165, 1.54) is 12.1 Å². The zero-order valence-electron chi connectivity index (χ0n) is 12.5. The molecule has 0 saturated heterocycles. The minimum atomic E-state index is -1.53. The third kappa shape index (κ3) is 3.25. The fourth-order valence-corrected chi connectivity index (χ4v) is 2.46. The van der Waals surface area contributed by atoms with Crippen LogP contribution in [0, 0.1) is 12.1 Å². The maximum atomic E-state index is 11.6. The van der Waals surface area contributed by atoms with Crippen molar-refractivity contribution in [3.05, 3.63) is 58.3 Å². The highest BCUT2D eigenvalue weighted by Crippen LogP contribution is 2.30. The predicted octanol–water partition coefficient (Wildman–Crippen LogP) is 4.19. The van der Waals surface area contributed by atoms with Crippen LogP contribution in [-0.2, 0) is 0 Å². The summed E-state index contributed by atoms with van der Waals surface area (Å²) in [6, 6.07) is 11.9. The second-order valence-electron chi connectivity index (χ2n) is 5.34. The zero-order valence-corrected chi connectivity index (χ0v) is 13.3. The van der Waals surface area contributed by atoms with Gasteiger partial charge < -0.3 is 9.73 Å². The summed E-state index contributed by atoms with van der Waals surface area (Å²) >= 11 is 6.20. The van der Waals surface area contributed by atoms with Crippen LogP contribution in [0.3, 0.4) is 0 Å². The van der Waals surface area contributed by atoms with Crippen LogP contribution in [0.25, 0.3) is 22.8 Å². The van der Waals surface area contributed by atoms with Crippen LogP contribution in [0.5, 0.6) is 0 Å². The molecule has 0 aliphatic rings. The van der Waals surface area contributed by atoms with Crippen LogP contribution in [-0.4, -0.2) is 22.4 Å². The summed E-state index contributed by atoms with van der Waals surface area (Å²) in [6.07, 6.45) is 0. The third-order valence-electron chi connectivity index (χ3n) is 3.36. The molecule has 0 saturated carbocycles. The molecule has 0 spiro atoms. The van der Waals surface area contributed by atoms with Gasteiger partial charge in [0.05, 0.1) is 10.6 Å². The first-order chi connectivity index (χ1) is 10.8. The smallest absolute Gasteiger partial charge is 0.259 e. The Morgan fingerprint density at radius 1 is 1.22 bits per heavy atom. The Morgan fingerprint density at radius 3 is 2.70 bits per heavy atom. The normalized spacial score (nSPS) is 13.8. The number of aromatic nitrogens is 2. The van der Waals surface area contributed by atoms with Crippen LogP contribution < -0.4 is 4.81 Å². The van der Waals surface area contributed by atoms with E-state index in [-0.39, 0.29) is 5.69 Å². The summed E-state index contributed by atoms with van der Waals surface area (Å²) in [5.74, 6) is 0.603. The van der Waals surface area contributed by atoms with Crippen molar-refractivity contribution in [2.75, 3.05) is 7.05 Å². The molecule has 0 fully saturated rings. The van der Waals surface area contributed by atoms with E-state index >= 15 is 0 Å². The lowest BCUT2D eigenvalue weighted by atomic mass is 10.1. The first kappa shape index (κ1) is 15.6. The molecule has 0 bridgehead atoms. The van der Waals surface area contributed by atoms with Gasteiger partial charge in [0.2, 0.25) is 5.82 Å². The van der Waals surface area contributed by atoms with Crippen LogP contribution in [0.4, 0.5) is 5.69 Å². The van der Waals surface area contributed by atoms with Gasteiger partial charge in [-0.15, -0.1) is 0 Å². The van der Waals surface area contributed by atoms with Crippen LogP contribution in [0.2, 0.25) is 5.02 Å². The Labute approximate surface area is 137 Å². The van der Waals surface area contributed by atoms with Crippen LogP contribution in [0.15, 0.2) is 47.0 Å². The third-order valence-corrected chi connectivity index (χ3v) is 3.68. The summed E-state index contributed by atoms with van der Waals surface area (Å²) < 4.78 is 5.26. The minimum Gasteiger partial charge on any atom is -0.593 e. The maximum absolute atomic E-state index is 11.6. The van der Waals surface area contributed by atoms with Gasteiger partial charge in [-0.25, -0.2) is 5.21 Å². The molecule has 1 aromatic heterocycles. The second-order valence-corrected chi connectivity index (χ2v) is 5.74. The van der Waals surface area contributed by atoms with Crippen molar-refractivity contribution in [3.8, 4) is 22.8 Å². The Kier molecular flexibility index (Phi) is 3.91. The lowest BCUT2D eigenvalue weighted by molar-refractivity contribution is -0.00437. The van der Waals surface area contributed by atoms with E-state index in [1.807, 2.05) is 25.1 Å². The number of hydrogen-bond acceptors (Lipinski definition) is 5. The topological polar surface area (TPSA) is 82.2 Å². The molecule has 23 heavy (non-hydrogen) atoms. The average Bonchev–Trinajstić information content (AvgIpc) is 2.96. The molecule has 1 unspecified atom stereocenters. The molecule has 1 atom stereocenters. The van der Waals surface area contributed by atoms with Gasteiger partial charge in [0.1, 0.15) is 7.05 Å². The van der Waals surface area contributed by atoms with Gasteiger partial charge in [-0.2, -0.15) is 9.79 Å². The molecule has 0 aliphatic carbocycles. The lowest BCUT2D eigenvalue weighted by Gasteiger charge is -2.27. The standard InChI is InChI=1S/C16H14ClN3O3/c1-10-6-7-13(14(17)8-10)16-18-15(19-23-16)11-4-3-5-12(9-11)20(2,21)22/h3-9,21H,1-2H3. The van der Waals surface area contributed by atoms with E-state index in [0.29, 0.717) is 27.9 Å². The molecule has 118 valence electrons. The molecular weight excluding hydrogens is 318 g/mol. The second kappa shape index (κ2) is 5.75. The van der Waals surface area contributed by atoms with Gasteiger partial charge in [0.15, 0.2) is 5.69 Å². The highest BCUT2D eigenvalue weighted by atomic mass is 35.5. The SMILES string of the molecule is Cc1ccc(-c2nc(-c3cccc([N+](C)([O-])O)c3)no2)c(Cl)c1. The van der Waals surface area contributed by atoms with Crippen LogP contribution in [0.1, 0.15) is 5.56 Å². The summed E-state index contributed by atoms with van der Waals surface area (Å²) in [7, 11) is 1.12. The molecule has 7 heteroatoms. The summed E-state index contributed by atoms with van der Waals surface area (Å²) in [4.78, 5) is 2.79. The first-order valence-electron chi connectivity index (χ1n) is 6.86. The van der Waals surface area contributed by atoms with Crippen molar-refractivity contribution < 1.29 is 9.73 Å². The van der Waals surface area contributed by atoms with Crippen molar-refractivity contribution in [2.24, 2.45) is 0 Å². The molecule has 3 aromatic rings. The number of benzene rings is 2. The fourth-order valence-electron chi connectivity index (χ4n) is 2.15. The van der Waals surface area contributed by atoms with Crippen LogP contribution >= 0.6 is 11.6 Å². The minimum absolute atomic E-state index is 0.169. The van der Waals surface area contributed by atoms with Crippen molar-refractivity contribution in [1.29, 1.82) is 0 Å². The average molecular weight is 332 g/mol. The Hall–Kier alpha value is -2.25. The number of rotatable bonds is 3. The summed E-state index contributed by atoms with van der Waals surface area (Å²) in [5, 5.41) is 25.5. The van der Waals surface area contributed by atoms with Crippen molar-refractivity contribution >= 4 is 17.3 Å². The van der Waals surface area contributed by atoms with E-state index in [2.05, 4.69) is 10.1 Å². The van der Waals surface area contributed by atoms with Gasteiger partial charge in [-0.1, -0.05) is 35.0 Å². The lowest BCUT2D eigenvalue weighted by Crippen LogP contribution is -2.33. The summed E-state index contributed by atoms with van der Waals surface area (Å²) in [5.41, 5.74) is 2.40. The number of hydrogen-bond donors (Lipinski definition) is 1. The summed E-state index contributed by atoms with van der Waals surface area (Å²) in [6.45, 7) is 1.94. The molecule has 2 aromatic carbocycles. The number of halogens is 1. The van der Waals surface area contributed by atoms with E-state index < -0.39 is 4.81 Å². The fraction of sp³-hybridized carbons (Fsp3) is 0.125. The van der Waals surface area contributed by atoms with Gasteiger partial charge in [0, 0.05) is 17.7 Å². The van der Waals surface area contributed by atoms with Gasteiger partial charge in [-0.3, -0.25) is 0 Å². The molecular formula is C16H14ClN3O3. The van der Waals surface area contributed by atoms with Gasteiger partial charge in [0.25, 0.3) is 5.89 Å². The van der Waals surface area contributed by atoms with Crippen molar-refractivity contribution in [2.45, 2.75) is 6.92 Å². The van der Waals surface area contributed by atoms with Gasteiger partial charge >= 0.3 is 0 Å². The Morgan fingerprint density at radius 2 is 2.00 bits per heavy atom. The van der Waals surface area contributed by atoms with Crippen molar-refractivity contribution in [1.82, 2.24) is 15.0 Å². The number of aryl methyl sites for hydroxylation is 1. The highest BCUT2D eigenvalue weighted by Gasteiger charge is 2.16. The molecule has 0 radical (unpaired) electrons. The first-order valence-corrected chi connectivity index (χ1v) is 7.24. The molecule has 6 nitrogen and oxygen atoms in total. The predicted molar refractivity (Wildman–Crippen MR) is 87.8 cm³/mol. The molecule has 0 aliphatic heterocycles. The Balaban J connectivity index is 1.99. The van der Waals surface area contributed by atoms with Crippen molar-refractivity contribution in [3.63, 3.8) is 0 Å². The van der Waals surface area contributed by atoms with E-state index in [1.54, 1.807) is 12.1 Å². The maximum Gasteiger partial charge on any atom is 0.259 e. The van der Waals surface area contributed by atoms with E-state index in [9.17, 15) is 10.4 Å². The molecule has 1 N–H and O–H groups in total. The zero-order chi connectivity index (χ0) is 16.6. The molecule has 0 amide bonds. The van der Waals surface area contributed by atoms with E-state index in [0.717, 1.165) is 12.6 Å². The number of hydroxylamine groups is 2. The van der Waals surface area contributed by atoms with E-state index in [4.69, 9.17) is 16.1 Å². The largest absolute Gasteiger partial charge is 0.593 e. The Bertz CT molecular complexity index is 856. The quantitative estimate of drug-likeness (QED) is 0.574.